The molecule has 0 aromatic heterocycles. The van der Waals surface area contributed by atoms with Crippen LogP contribution in [0.25, 0.3) is 0 Å². The minimum absolute atomic E-state index is 0.0337. The van der Waals surface area contributed by atoms with Gasteiger partial charge in [0.2, 0.25) is 0 Å². The van der Waals surface area contributed by atoms with Crippen LogP contribution in [-0.4, -0.2) is 31.2 Å². The van der Waals surface area contributed by atoms with Gasteiger partial charge in [0, 0.05) is 6.42 Å². The van der Waals surface area contributed by atoms with E-state index in [2.05, 4.69) is 0 Å². The molecule has 0 spiro atoms. The first-order chi connectivity index (χ1) is 9.97. The monoisotopic (exact) mass is 313 g/mol. The van der Waals surface area contributed by atoms with Crippen molar-refractivity contribution in [2.75, 3.05) is 13.2 Å². The topological polar surface area (TPSA) is 87.8 Å². The first-order valence-electron chi connectivity index (χ1n) is 6.54. The number of esters is 1. The number of primary amides is 1. The van der Waals surface area contributed by atoms with E-state index in [1.165, 1.54) is 6.92 Å². The third-order valence-corrected chi connectivity index (χ3v) is 3.20. The quantitative estimate of drug-likeness (QED) is 0.850. The number of halogens is 1. The minimum atomic E-state index is -0.964. The fraction of sp³-hybridized carbons (Fsp3) is 0.429. The molecule has 7 heteroatoms. The maximum absolute atomic E-state index is 11.7. The summed E-state index contributed by atoms with van der Waals surface area (Å²) in [5.41, 5.74) is 5.65. The van der Waals surface area contributed by atoms with Gasteiger partial charge in [0.25, 0.3) is 5.91 Å². The molecule has 21 heavy (non-hydrogen) atoms. The van der Waals surface area contributed by atoms with Gasteiger partial charge in [0.15, 0.2) is 17.6 Å². The first-order valence-corrected chi connectivity index (χ1v) is 6.92. The van der Waals surface area contributed by atoms with Gasteiger partial charge in [-0.05, 0) is 24.6 Å². The van der Waals surface area contributed by atoms with Gasteiger partial charge in [0.1, 0.15) is 0 Å². The molecule has 1 atom stereocenters. The molecule has 2 N–H and O–H groups in total. The zero-order valence-corrected chi connectivity index (χ0v) is 12.3. The molecule has 0 aliphatic carbocycles. The van der Waals surface area contributed by atoms with Crippen LogP contribution in [0.3, 0.4) is 0 Å². The van der Waals surface area contributed by atoms with Gasteiger partial charge in [-0.2, -0.15) is 0 Å². The normalized spacial score (nSPS) is 15.0. The van der Waals surface area contributed by atoms with Gasteiger partial charge in [-0.25, -0.2) is 0 Å². The van der Waals surface area contributed by atoms with E-state index in [9.17, 15) is 9.59 Å². The van der Waals surface area contributed by atoms with Crippen molar-refractivity contribution in [2.45, 2.75) is 25.9 Å². The zero-order valence-electron chi connectivity index (χ0n) is 11.6. The number of nitrogens with two attached hydrogens (primary N) is 1. The van der Waals surface area contributed by atoms with E-state index in [4.69, 9.17) is 31.5 Å². The molecule has 6 nitrogen and oxygen atoms in total. The van der Waals surface area contributed by atoms with E-state index in [-0.39, 0.29) is 6.42 Å². The van der Waals surface area contributed by atoms with Crippen LogP contribution in [0.5, 0.6) is 11.5 Å². The smallest absolute Gasteiger partial charge is 0.311 e. The second kappa shape index (κ2) is 6.67. The van der Waals surface area contributed by atoms with Gasteiger partial charge in [-0.1, -0.05) is 11.6 Å². The Morgan fingerprint density at radius 2 is 2.10 bits per heavy atom. The van der Waals surface area contributed by atoms with E-state index in [1.807, 2.05) is 0 Å². The fourth-order valence-electron chi connectivity index (χ4n) is 1.85. The zero-order chi connectivity index (χ0) is 15.4. The molecule has 1 aliphatic rings. The summed E-state index contributed by atoms with van der Waals surface area (Å²) in [7, 11) is 0. The highest BCUT2D eigenvalue weighted by Crippen LogP contribution is 2.38. The van der Waals surface area contributed by atoms with Crippen LogP contribution in [0.4, 0.5) is 0 Å². The summed E-state index contributed by atoms with van der Waals surface area (Å²) in [5.74, 6) is -0.269. The molecule has 1 aromatic carbocycles. The Labute approximate surface area is 127 Å². The summed E-state index contributed by atoms with van der Waals surface area (Å²) in [6.45, 7) is 2.47. The van der Waals surface area contributed by atoms with Crippen molar-refractivity contribution >= 4 is 23.5 Å². The van der Waals surface area contributed by atoms with Crippen molar-refractivity contribution in [1.29, 1.82) is 0 Å². The molecule has 0 radical (unpaired) electrons. The molecular weight excluding hydrogens is 298 g/mol. The number of carbonyl (C=O) groups excluding carboxylic acids is 2. The Morgan fingerprint density at radius 3 is 2.81 bits per heavy atom. The predicted molar refractivity (Wildman–Crippen MR) is 75.5 cm³/mol. The van der Waals surface area contributed by atoms with E-state index >= 15 is 0 Å². The summed E-state index contributed by atoms with van der Waals surface area (Å²) in [4.78, 5) is 22.6. The lowest BCUT2D eigenvalue weighted by atomic mass is 10.1. The average molecular weight is 314 g/mol. The molecule has 0 fully saturated rings. The Kier molecular flexibility index (Phi) is 4.90. The fourth-order valence-corrected chi connectivity index (χ4v) is 2.14. The molecule has 0 unspecified atom stereocenters. The molecule has 0 bridgehead atoms. The maximum Gasteiger partial charge on any atom is 0.311 e. The second-order valence-corrected chi connectivity index (χ2v) is 5.07. The van der Waals surface area contributed by atoms with Crippen molar-refractivity contribution in [3.63, 3.8) is 0 Å². The van der Waals surface area contributed by atoms with Crippen molar-refractivity contribution in [3.8, 4) is 11.5 Å². The van der Waals surface area contributed by atoms with Crippen molar-refractivity contribution in [1.82, 2.24) is 0 Å². The molecule has 0 saturated heterocycles. The molecule has 1 aromatic rings. The summed E-state index contributed by atoms with van der Waals surface area (Å²) in [6.07, 6.45) is -0.236. The number of hydrogen-bond acceptors (Lipinski definition) is 5. The lowest BCUT2D eigenvalue weighted by Gasteiger charge is -2.12. The number of amides is 1. The average Bonchev–Trinajstić information content (AvgIpc) is 2.63. The molecule has 1 heterocycles. The predicted octanol–water partition coefficient (Wildman–Crippen LogP) is 1.46. The highest BCUT2D eigenvalue weighted by atomic mass is 35.5. The Balaban J connectivity index is 2.10. The van der Waals surface area contributed by atoms with Gasteiger partial charge in [-0.15, -0.1) is 0 Å². The number of hydrogen-bond donors (Lipinski definition) is 1. The molecule has 2 rings (SSSR count). The summed E-state index contributed by atoms with van der Waals surface area (Å²) in [6, 6.07) is 3.30. The van der Waals surface area contributed by atoms with Crippen LogP contribution in [0.15, 0.2) is 12.1 Å². The van der Waals surface area contributed by atoms with Crippen LogP contribution in [0.1, 0.15) is 18.9 Å². The van der Waals surface area contributed by atoms with E-state index in [0.29, 0.717) is 35.3 Å². The van der Waals surface area contributed by atoms with Crippen molar-refractivity contribution < 1.29 is 23.8 Å². The van der Waals surface area contributed by atoms with Gasteiger partial charge in [-0.3, -0.25) is 9.59 Å². The number of rotatable bonds is 4. The maximum atomic E-state index is 11.7. The van der Waals surface area contributed by atoms with E-state index < -0.39 is 18.0 Å². The van der Waals surface area contributed by atoms with Crippen LogP contribution >= 0.6 is 11.6 Å². The summed E-state index contributed by atoms with van der Waals surface area (Å²) >= 11 is 6.13. The number of carbonyl (C=O) groups is 2. The molecule has 114 valence electrons. The van der Waals surface area contributed by atoms with E-state index in [0.717, 1.165) is 6.42 Å². The molecule has 1 aliphatic heterocycles. The van der Waals surface area contributed by atoms with E-state index in [1.54, 1.807) is 12.1 Å². The lowest BCUT2D eigenvalue weighted by Crippen LogP contribution is -2.30. The Bertz CT molecular complexity index is 561. The highest BCUT2D eigenvalue weighted by Gasteiger charge is 2.19. The van der Waals surface area contributed by atoms with Crippen molar-refractivity contribution in [2.24, 2.45) is 5.73 Å². The van der Waals surface area contributed by atoms with Gasteiger partial charge in [0.05, 0.1) is 24.7 Å². The Morgan fingerprint density at radius 1 is 1.38 bits per heavy atom. The molecule has 1 amide bonds. The van der Waals surface area contributed by atoms with Crippen LogP contribution < -0.4 is 15.2 Å². The Hall–Kier alpha value is -1.95. The summed E-state index contributed by atoms with van der Waals surface area (Å²) < 4.78 is 15.9. The van der Waals surface area contributed by atoms with Crippen LogP contribution in [0, 0.1) is 0 Å². The van der Waals surface area contributed by atoms with Crippen LogP contribution in [0.2, 0.25) is 5.02 Å². The molecule has 0 saturated carbocycles. The second-order valence-electron chi connectivity index (χ2n) is 4.67. The number of ether oxygens (including phenoxy) is 3. The standard InChI is InChI=1S/C14H16ClNO5/c1-8(14(16)18)21-12(17)7-9-5-10(15)13-11(6-9)19-3-2-4-20-13/h5-6,8H,2-4,7H2,1H3,(H2,16,18)/t8-/m0/s1. The third kappa shape index (κ3) is 4.01. The van der Waals surface area contributed by atoms with Gasteiger partial charge < -0.3 is 19.9 Å². The summed E-state index contributed by atoms with van der Waals surface area (Å²) in [5, 5.41) is 0.375. The number of fused-ring (bicyclic) bond motifs is 1. The third-order valence-electron chi connectivity index (χ3n) is 2.92. The minimum Gasteiger partial charge on any atom is -0.489 e. The van der Waals surface area contributed by atoms with Gasteiger partial charge >= 0.3 is 5.97 Å². The highest BCUT2D eigenvalue weighted by molar-refractivity contribution is 6.32. The number of benzene rings is 1. The van der Waals surface area contributed by atoms with Crippen LogP contribution in [-0.2, 0) is 20.7 Å². The largest absolute Gasteiger partial charge is 0.489 e. The SMILES string of the molecule is C[C@H](OC(=O)Cc1cc(Cl)c2c(c1)OCCCO2)C(N)=O. The first kappa shape index (κ1) is 15.4. The van der Waals surface area contributed by atoms with Crippen molar-refractivity contribution in [3.05, 3.63) is 22.7 Å². The lowest BCUT2D eigenvalue weighted by molar-refractivity contribution is -0.153. The molecular formula is C14H16ClNO5.